The van der Waals surface area contributed by atoms with E-state index in [1.54, 1.807) is 0 Å². The van der Waals surface area contributed by atoms with Crippen molar-refractivity contribution in [1.29, 1.82) is 0 Å². The molecule has 3 unspecified atom stereocenters. The van der Waals surface area contributed by atoms with Gasteiger partial charge in [-0.25, -0.2) is 0 Å². The summed E-state index contributed by atoms with van der Waals surface area (Å²) in [5.74, 6) is 0. The van der Waals surface area contributed by atoms with Crippen molar-refractivity contribution < 1.29 is 4.74 Å². The first-order valence-corrected chi connectivity index (χ1v) is 7.21. The van der Waals surface area contributed by atoms with Gasteiger partial charge < -0.3 is 10.1 Å². The molecular weight excluding hydrogens is 246 g/mol. The molecule has 2 nitrogen and oxygen atoms in total. The molecule has 0 radical (unpaired) electrons. The average molecular weight is 266 g/mol. The van der Waals surface area contributed by atoms with E-state index in [0.29, 0.717) is 18.2 Å². The molecule has 3 heteroatoms. The van der Waals surface area contributed by atoms with E-state index in [4.69, 9.17) is 16.3 Å². The molecule has 98 valence electrons. The summed E-state index contributed by atoms with van der Waals surface area (Å²) in [6.45, 7) is 0. The lowest BCUT2D eigenvalue weighted by Gasteiger charge is -2.20. The van der Waals surface area contributed by atoms with Gasteiger partial charge in [0.2, 0.25) is 0 Å². The summed E-state index contributed by atoms with van der Waals surface area (Å²) in [5.41, 5.74) is 2.86. The van der Waals surface area contributed by atoms with E-state index in [1.807, 2.05) is 13.2 Å². The standard InChI is InChI=1S/C15H20ClNO/c1-18-13-5-4-12(9-13)17-15-7-2-10-8-11(16)3-6-14(10)15/h3,6,8,12-13,15,17H,2,4-5,7,9H2,1H3. The number of methoxy groups -OCH3 is 1. The number of halogens is 1. The van der Waals surface area contributed by atoms with Gasteiger partial charge in [-0.2, -0.15) is 0 Å². The maximum Gasteiger partial charge on any atom is 0.0586 e. The smallest absolute Gasteiger partial charge is 0.0586 e. The van der Waals surface area contributed by atoms with E-state index in [-0.39, 0.29) is 0 Å². The number of aryl methyl sites for hydroxylation is 1. The number of fused-ring (bicyclic) bond motifs is 1. The highest BCUT2D eigenvalue weighted by atomic mass is 35.5. The van der Waals surface area contributed by atoms with Crippen LogP contribution in [-0.2, 0) is 11.2 Å². The Morgan fingerprint density at radius 3 is 2.94 bits per heavy atom. The van der Waals surface area contributed by atoms with Crippen molar-refractivity contribution in [3.8, 4) is 0 Å². The van der Waals surface area contributed by atoms with Crippen LogP contribution in [0.25, 0.3) is 0 Å². The van der Waals surface area contributed by atoms with E-state index in [0.717, 1.165) is 17.9 Å². The van der Waals surface area contributed by atoms with Crippen molar-refractivity contribution in [3.05, 3.63) is 34.3 Å². The molecule has 18 heavy (non-hydrogen) atoms. The van der Waals surface area contributed by atoms with E-state index in [1.165, 1.54) is 30.4 Å². The molecular formula is C15H20ClNO. The highest BCUT2D eigenvalue weighted by Crippen LogP contribution is 2.34. The molecule has 0 amide bonds. The van der Waals surface area contributed by atoms with Gasteiger partial charge in [0.05, 0.1) is 6.10 Å². The second kappa shape index (κ2) is 5.20. The molecule has 0 aliphatic heterocycles. The predicted molar refractivity (Wildman–Crippen MR) is 74.1 cm³/mol. The van der Waals surface area contributed by atoms with Crippen molar-refractivity contribution in [2.24, 2.45) is 0 Å². The predicted octanol–water partition coefficient (Wildman–Crippen LogP) is 3.48. The van der Waals surface area contributed by atoms with Crippen LogP contribution >= 0.6 is 11.6 Å². The van der Waals surface area contributed by atoms with Crippen LogP contribution in [0.1, 0.15) is 42.9 Å². The van der Waals surface area contributed by atoms with Crippen LogP contribution in [0.5, 0.6) is 0 Å². The summed E-state index contributed by atoms with van der Waals surface area (Å²) in [6.07, 6.45) is 6.37. The summed E-state index contributed by atoms with van der Waals surface area (Å²) in [4.78, 5) is 0. The Morgan fingerprint density at radius 2 is 2.17 bits per heavy atom. The van der Waals surface area contributed by atoms with Crippen LogP contribution in [-0.4, -0.2) is 19.3 Å². The number of hydrogen-bond donors (Lipinski definition) is 1. The molecule has 3 rings (SSSR count). The SMILES string of the molecule is COC1CCC(NC2CCc3cc(Cl)ccc32)C1. The zero-order chi connectivity index (χ0) is 12.5. The highest BCUT2D eigenvalue weighted by molar-refractivity contribution is 6.30. The van der Waals surface area contributed by atoms with Crippen molar-refractivity contribution in [1.82, 2.24) is 5.32 Å². The molecule has 1 aromatic rings. The first kappa shape index (κ1) is 12.5. The molecule has 1 saturated carbocycles. The molecule has 1 aromatic carbocycles. The van der Waals surface area contributed by atoms with Crippen LogP contribution in [0.2, 0.25) is 5.02 Å². The summed E-state index contributed by atoms with van der Waals surface area (Å²) < 4.78 is 5.43. The summed E-state index contributed by atoms with van der Waals surface area (Å²) in [5, 5.41) is 4.65. The van der Waals surface area contributed by atoms with E-state index >= 15 is 0 Å². The monoisotopic (exact) mass is 265 g/mol. The molecule has 1 fully saturated rings. The fourth-order valence-corrected chi connectivity index (χ4v) is 3.54. The van der Waals surface area contributed by atoms with Crippen LogP contribution in [0.15, 0.2) is 18.2 Å². The Balaban J connectivity index is 1.66. The zero-order valence-corrected chi connectivity index (χ0v) is 11.5. The van der Waals surface area contributed by atoms with Crippen molar-refractivity contribution >= 4 is 11.6 Å². The lowest BCUT2D eigenvalue weighted by molar-refractivity contribution is 0.106. The summed E-state index contributed by atoms with van der Waals surface area (Å²) in [6, 6.07) is 7.43. The fraction of sp³-hybridized carbons (Fsp3) is 0.600. The van der Waals surface area contributed by atoms with E-state index in [9.17, 15) is 0 Å². The summed E-state index contributed by atoms with van der Waals surface area (Å²) in [7, 11) is 1.82. The minimum absolute atomic E-state index is 0.452. The van der Waals surface area contributed by atoms with Crippen LogP contribution in [0.4, 0.5) is 0 Å². The average Bonchev–Trinajstić information content (AvgIpc) is 2.97. The lowest BCUT2D eigenvalue weighted by Crippen LogP contribution is -2.30. The molecule has 2 aliphatic carbocycles. The minimum atomic E-state index is 0.452. The maximum absolute atomic E-state index is 6.04. The molecule has 0 spiro atoms. The van der Waals surface area contributed by atoms with Crippen molar-refractivity contribution in [2.45, 2.75) is 50.3 Å². The van der Waals surface area contributed by atoms with Crippen LogP contribution < -0.4 is 5.32 Å². The quantitative estimate of drug-likeness (QED) is 0.903. The first-order chi connectivity index (χ1) is 8.76. The van der Waals surface area contributed by atoms with Gasteiger partial charge in [-0.15, -0.1) is 0 Å². The topological polar surface area (TPSA) is 21.3 Å². The van der Waals surface area contributed by atoms with Crippen molar-refractivity contribution in [2.75, 3.05) is 7.11 Å². The van der Waals surface area contributed by atoms with Crippen LogP contribution in [0, 0.1) is 0 Å². The highest BCUT2D eigenvalue weighted by Gasteiger charge is 2.29. The normalized spacial score (nSPS) is 30.7. The second-order valence-electron chi connectivity index (χ2n) is 5.47. The van der Waals surface area contributed by atoms with Crippen molar-refractivity contribution in [3.63, 3.8) is 0 Å². The number of rotatable bonds is 3. The molecule has 0 aromatic heterocycles. The number of hydrogen-bond acceptors (Lipinski definition) is 2. The first-order valence-electron chi connectivity index (χ1n) is 6.83. The minimum Gasteiger partial charge on any atom is -0.381 e. The molecule has 0 bridgehead atoms. The Labute approximate surface area is 114 Å². The third-order valence-corrected chi connectivity index (χ3v) is 4.57. The van der Waals surface area contributed by atoms with Gasteiger partial charge in [-0.1, -0.05) is 17.7 Å². The fourth-order valence-electron chi connectivity index (χ4n) is 3.35. The number of benzene rings is 1. The molecule has 1 N–H and O–H groups in total. The molecule has 0 saturated heterocycles. The molecule has 3 atom stereocenters. The van der Waals surface area contributed by atoms with Gasteiger partial charge in [-0.05, 0) is 55.4 Å². The Kier molecular flexibility index (Phi) is 3.60. The Hall–Kier alpha value is -0.570. The van der Waals surface area contributed by atoms with Gasteiger partial charge in [0, 0.05) is 24.2 Å². The number of ether oxygens (including phenoxy) is 1. The van der Waals surface area contributed by atoms with Gasteiger partial charge >= 0.3 is 0 Å². The third kappa shape index (κ3) is 2.42. The largest absolute Gasteiger partial charge is 0.381 e. The van der Waals surface area contributed by atoms with Gasteiger partial charge in [0.15, 0.2) is 0 Å². The van der Waals surface area contributed by atoms with Gasteiger partial charge in [-0.3, -0.25) is 0 Å². The van der Waals surface area contributed by atoms with Crippen LogP contribution in [0.3, 0.4) is 0 Å². The third-order valence-electron chi connectivity index (χ3n) is 4.34. The summed E-state index contributed by atoms with van der Waals surface area (Å²) >= 11 is 6.04. The molecule has 0 heterocycles. The van der Waals surface area contributed by atoms with Gasteiger partial charge in [0.1, 0.15) is 0 Å². The lowest BCUT2D eigenvalue weighted by atomic mass is 10.1. The maximum atomic E-state index is 6.04. The zero-order valence-electron chi connectivity index (χ0n) is 10.8. The Morgan fingerprint density at radius 1 is 1.28 bits per heavy atom. The Bertz CT molecular complexity index is 435. The van der Waals surface area contributed by atoms with Gasteiger partial charge in [0.25, 0.3) is 0 Å². The second-order valence-corrected chi connectivity index (χ2v) is 5.91. The number of nitrogens with one attached hydrogen (secondary N) is 1. The van der Waals surface area contributed by atoms with E-state index < -0.39 is 0 Å². The van der Waals surface area contributed by atoms with E-state index in [2.05, 4.69) is 17.4 Å². The molecule has 2 aliphatic rings.